The molecule has 1 aromatic heterocycles. The first-order valence-corrected chi connectivity index (χ1v) is 8.12. The number of carbonyl (C=O) groups is 1. The number of aromatic nitrogens is 3. The molecule has 0 aliphatic carbocycles. The summed E-state index contributed by atoms with van der Waals surface area (Å²) in [4.78, 5) is 11.4. The Morgan fingerprint density at radius 3 is 2.77 bits per heavy atom. The fourth-order valence-electron chi connectivity index (χ4n) is 1.65. The predicted octanol–water partition coefficient (Wildman–Crippen LogP) is 2.28. The fraction of sp³-hybridized carbons (Fsp3) is 0.357. The monoisotopic (exact) mass is 340 g/mol. The van der Waals surface area contributed by atoms with Crippen molar-refractivity contribution in [3.63, 3.8) is 0 Å². The van der Waals surface area contributed by atoms with Crippen LogP contribution in [0, 0.1) is 0 Å². The van der Waals surface area contributed by atoms with Crippen molar-refractivity contribution >= 4 is 29.3 Å². The number of nitrogens with one attached hydrogen (secondary N) is 1. The molecule has 0 radical (unpaired) electrons. The van der Waals surface area contributed by atoms with E-state index in [0.29, 0.717) is 40.7 Å². The van der Waals surface area contributed by atoms with E-state index in [0.717, 1.165) is 0 Å². The molecule has 0 bridgehead atoms. The van der Waals surface area contributed by atoms with Crippen LogP contribution in [0.4, 0.5) is 0 Å². The molecule has 0 unspecified atom stereocenters. The number of ether oxygens (including phenoxy) is 1. The smallest absolute Gasteiger partial charge is 0.230 e. The van der Waals surface area contributed by atoms with Gasteiger partial charge in [0, 0.05) is 18.6 Å². The van der Waals surface area contributed by atoms with E-state index >= 15 is 0 Å². The largest absolute Gasteiger partial charge is 0.486 e. The van der Waals surface area contributed by atoms with Gasteiger partial charge in [-0.25, -0.2) is 0 Å². The number of thioether (sulfide) groups is 1. The summed E-state index contributed by atoms with van der Waals surface area (Å²) in [6.07, 6.45) is 0. The second-order valence-corrected chi connectivity index (χ2v) is 5.82. The number of amides is 1. The molecule has 2 aromatic rings. The Morgan fingerprint density at radius 2 is 2.09 bits per heavy atom. The summed E-state index contributed by atoms with van der Waals surface area (Å²) in [6.45, 7) is 2.81. The van der Waals surface area contributed by atoms with Gasteiger partial charge < -0.3 is 14.6 Å². The van der Waals surface area contributed by atoms with Gasteiger partial charge in [-0.15, -0.1) is 10.2 Å². The van der Waals surface area contributed by atoms with E-state index in [9.17, 15) is 4.79 Å². The molecule has 0 aliphatic rings. The average Bonchev–Trinajstić information content (AvgIpc) is 2.85. The van der Waals surface area contributed by atoms with E-state index in [1.54, 1.807) is 24.3 Å². The third kappa shape index (κ3) is 4.64. The number of halogens is 1. The summed E-state index contributed by atoms with van der Waals surface area (Å²) in [5, 5.41) is 12.2. The summed E-state index contributed by atoms with van der Waals surface area (Å²) < 4.78 is 7.45. The lowest BCUT2D eigenvalue weighted by Gasteiger charge is -2.06. The number of nitrogens with zero attached hydrogens (tertiary/aromatic N) is 3. The van der Waals surface area contributed by atoms with Gasteiger partial charge in [-0.1, -0.05) is 23.4 Å². The van der Waals surface area contributed by atoms with Crippen LogP contribution in [-0.2, 0) is 18.4 Å². The average molecular weight is 341 g/mol. The maximum absolute atomic E-state index is 11.4. The summed E-state index contributed by atoms with van der Waals surface area (Å²) in [5.74, 6) is 1.70. The van der Waals surface area contributed by atoms with Crippen LogP contribution in [0.5, 0.6) is 5.75 Å². The van der Waals surface area contributed by atoms with Gasteiger partial charge in [-0.05, 0) is 31.2 Å². The molecule has 0 aliphatic heterocycles. The summed E-state index contributed by atoms with van der Waals surface area (Å²) in [5.41, 5.74) is 0. The topological polar surface area (TPSA) is 69.0 Å². The van der Waals surface area contributed by atoms with E-state index in [2.05, 4.69) is 15.5 Å². The van der Waals surface area contributed by atoms with Crippen molar-refractivity contribution < 1.29 is 9.53 Å². The molecule has 1 heterocycles. The molecule has 0 spiro atoms. The van der Waals surface area contributed by atoms with Crippen LogP contribution in [0.2, 0.25) is 5.02 Å². The Balaban J connectivity index is 1.90. The first-order valence-electron chi connectivity index (χ1n) is 6.76. The molecule has 0 atom stereocenters. The van der Waals surface area contributed by atoms with Crippen molar-refractivity contribution in [2.24, 2.45) is 7.05 Å². The zero-order valence-corrected chi connectivity index (χ0v) is 13.9. The third-order valence-corrected chi connectivity index (χ3v) is 4.09. The van der Waals surface area contributed by atoms with Crippen molar-refractivity contribution in [3.8, 4) is 5.75 Å². The predicted molar refractivity (Wildman–Crippen MR) is 86.2 cm³/mol. The van der Waals surface area contributed by atoms with Crippen LogP contribution >= 0.6 is 23.4 Å². The van der Waals surface area contributed by atoms with Crippen LogP contribution < -0.4 is 10.1 Å². The molecule has 8 heteroatoms. The number of hydrogen-bond donors (Lipinski definition) is 1. The van der Waals surface area contributed by atoms with E-state index in [1.807, 2.05) is 18.5 Å². The van der Waals surface area contributed by atoms with E-state index in [1.165, 1.54) is 11.8 Å². The molecule has 118 valence electrons. The Morgan fingerprint density at radius 1 is 1.36 bits per heavy atom. The van der Waals surface area contributed by atoms with Crippen molar-refractivity contribution in [2.75, 3.05) is 12.3 Å². The molecule has 22 heavy (non-hydrogen) atoms. The molecule has 0 saturated carbocycles. The lowest BCUT2D eigenvalue weighted by atomic mass is 10.3. The van der Waals surface area contributed by atoms with Crippen molar-refractivity contribution in [3.05, 3.63) is 35.1 Å². The van der Waals surface area contributed by atoms with Gasteiger partial charge in [0.25, 0.3) is 0 Å². The first kappa shape index (κ1) is 16.6. The highest BCUT2D eigenvalue weighted by atomic mass is 35.5. The van der Waals surface area contributed by atoms with Crippen molar-refractivity contribution in [2.45, 2.75) is 18.7 Å². The molecule has 1 aromatic carbocycles. The number of benzene rings is 1. The van der Waals surface area contributed by atoms with Gasteiger partial charge in [0.1, 0.15) is 12.4 Å². The maximum Gasteiger partial charge on any atom is 0.230 e. The Labute approximate surface area is 138 Å². The lowest BCUT2D eigenvalue weighted by molar-refractivity contribution is -0.118. The standard InChI is InChI=1S/C14H17ClN4O2S/c1-3-16-13(20)9-22-14-18-17-12(19(14)2)8-21-11-6-4-10(15)5-7-11/h4-7H,3,8-9H2,1-2H3,(H,16,20). The number of hydrogen-bond acceptors (Lipinski definition) is 5. The lowest BCUT2D eigenvalue weighted by Crippen LogP contribution is -2.24. The highest BCUT2D eigenvalue weighted by Crippen LogP contribution is 2.18. The molecule has 0 saturated heterocycles. The van der Waals surface area contributed by atoms with Crippen LogP contribution in [0.3, 0.4) is 0 Å². The Kier molecular flexibility index (Phi) is 6.09. The molecular formula is C14H17ClN4O2S. The van der Waals surface area contributed by atoms with Crippen LogP contribution in [0.25, 0.3) is 0 Å². The minimum atomic E-state index is -0.0190. The Bertz CT molecular complexity index is 630. The summed E-state index contributed by atoms with van der Waals surface area (Å²) in [7, 11) is 1.85. The fourth-order valence-corrected chi connectivity index (χ4v) is 2.54. The molecular weight excluding hydrogens is 324 g/mol. The van der Waals surface area contributed by atoms with Gasteiger partial charge in [-0.3, -0.25) is 4.79 Å². The van der Waals surface area contributed by atoms with Gasteiger partial charge in [0.15, 0.2) is 11.0 Å². The molecule has 1 amide bonds. The van der Waals surface area contributed by atoms with E-state index in [4.69, 9.17) is 16.3 Å². The second-order valence-electron chi connectivity index (χ2n) is 4.44. The first-order chi connectivity index (χ1) is 10.6. The highest BCUT2D eigenvalue weighted by molar-refractivity contribution is 7.99. The van der Waals surface area contributed by atoms with Gasteiger partial charge in [0.05, 0.1) is 5.75 Å². The molecule has 2 rings (SSSR count). The molecule has 6 nitrogen and oxygen atoms in total. The van der Waals surface area contributed by atoms with Crippen LogP contribution in [-0.4, -0.2) is 33.0 Å². The second kappa shape index (κ2) is 8.05. The van der Waals surface area contributed by atoms with Gasteiger partial charge in [0.2, 0.25) is 5.91 Å². The Hall–Kier alpha value is -1.73. The van der Waals surface area contributed by atoms with Crippen LogP contribution in [0.1, 0.15) is 12.7 Å². The minimum absolute atomic E-state index is 0.0190. The SMILES string of the molecule is CCNC(=O)CSc1nnc(COc2ccc(Cl)cc2)n1C. The molecule has 1 N–H and O–H groups in total. The number of rotatable bonds is 7. The van der Waals surface area contributed by atoms with Gasteiger partial charge >= 0.3 is 0 Å². The normalized spacial score (nSPS) is 10.5. The summed E-state index contributed by atoms with van der Waals surface area (Å²) >= 11 is 7.17. The third-order valence-electron chi connectivity index (χ3n) is 2.81. The zero-order chi connectivity index (χ0) is 15.9. The quantitative estimate of drug-likeness (QED) is 0.783. The van der Waals surface area contributed by atoms with E-state index < -0.39 is 0 Å². The van der Waals surface area contributed by atoms with Crippen LogP contribution in [0.15, 0.2) is 29.4 Å². The highest BCUT2D eigenvalue weighted by Gasteiger charge is 2.11. The number of carbonyl (C=O) groups excluding carboxylic acids is 1. The van der Waals surface area contributed by atoms with E-state index in [-0.39, 0.29) is 5.91 Å². The van der Waals surface area contributed by atoms with Crippen molar-refractivity contribution in [1.82, 2.24) is 20.1 Å². The van der Waals surface area contributed by atoms with Gasteiger partial charge in [-0.2, -0.15) is 0 Å². The zero-order valence-electron chi connectivity index (χ0n) is 12.4. The van der Waals surface area contributed by atoms with Crippen molar-refractivity contribution in [1.29, 1.82) is 0 Å². The minimum Gasteiger partial charge on any atom is -0.486 e. The molecule has 0 fully saturated rings. The summed E-state index contributed by atoms with van der Waals surface area (Å²) in [6, 6.07) is 7.12. The maximum atomic E-state index is 11.4.